The fourth-order valence-electron chi connectivity index (χ4n) is 1.63. The molecule has 0 aromatic carbocycles. The van der Waals surface area contributed by atoms with Gasteiger partial charge in [0.05, 0.1) is 19.1 Å². The molecule has 0 amide bonds. The van der Waals surface area contributed by atoms with Crippen LogP contribution in [0.2, 0.25) is 0 Å². The lowest BCUT2D eigenvalue weighted by molar-refractivity contribution is -0.148. The molecule has 0 radical (unpaired) electrons. The van der Waals surface area contributed by atoms with Crippen molar-refractivity contribution in [2.75, 3.05) is 7.11 Å². The van der Waals surface area contributed by atoms with Gasteiger partial charge in [0.1, 0.15) is 0 Å². The van der Waals surface area contributed by atoms with Gasteiger partial charge in [0, 0.05) is 6.04 Å². The molecule has 1 saturated carbocycles. The molecule has 4 nitrogen and oxygen atoms in total. The molecule has 3 N–H and O–H groups in total. The summed E-state index contributed by atoms with van der Waals surface area (Å²) in [5.41, 5.74) is 5.65. The van der Waals surface area contributed by atoms with Gasteiger partial charge in [-0.1, -0.05) is 0 Å². The quantitative estimate of drug-likeness (QED) is 0.531. The first-order chi connectivity index (χ1) is 5.66. The molecular formula is C8H15NO3. The van der Waals surface area contributed by atoms with Crippen LogP contribution in [0.1, 0.15) is 19.3 Å². The molecule has 12 heavy (non-hydrogen) atoms. The first-order valence-corrected chi connectivity index (χ1v) is 4.18. The first kappa shape index (κ1) is 9.48. The number of carbonyl (C=O) groups excluding carboxylic acids is 1. The Hall–Kier alpha value is -0.610. The summed E-state index contributed by atoms with van der Waals surface area (Å²) in [5, 5.41) is 9.36. The summed E-state index contributed by atoms with van der Waals surface area (Å²) in [5.74, 6) is -0.625. The molecule has 0 heterocycles. The molecule has 1 aliphatic carbocycles. The van der Waals surface area contributed by atoms with Crippen molar-refractivity contribution in [3.63, 3.8) is 0 Å². The summed E-state index contributed by atoms with van der Waals surface area (Å²) >= 11 is 0. The van der Waals surface area contributed by atoms with Crippen molar-refractivity contribution in [3.05, 3.63) is 0 Å². The molecule has 0 spiro atoms. The minimum Gasteiger partial charge on any atom is -0.469 e. The summed E-state index contributed by atoms with van der Waals surface area (Å²) in [7, 11) is 1.34. The van der Waals surface area contributed by atoms with E-state index in [1.807, 2.05) is 0 Å². The lowest BCUT2D eigenvalue weighted by atomic mass is 9.83. The fourth-order valence-corrected chi connectivity index (χ4v) is 1.63. The van der Waals surface area contributed by atoms with Crippen LogP contribution < -0.4 is 5.73 Å². The number of ether oxygens (including phenoxy) is 1. The second kappa shape index (κ2) is 3.87. The highest BCUT2D eigenvalue weighted by molar-refractivity contribution is 5.73. The highest BCUT2D eigenvalue weighted by Crippen LogP contribution is 2.24. The largest absolute Gasteiger partial charge is 0.469 e. The molecular weight excluding hydrogens is 158 g/mol. The number of hydrogen-bond acceptors (Lipinski definition) is 4. The highest BCUT2D eigenvalue weighted by atomic mass is 16.5. The SMILES string of the molecule is COC(=O)[C@@H]1CCCC(O)[C@H]1N. The Morgan fingerprint density at radius 3 is 2.83 bits per heavy atom. The zero-order valence-electron chi connectivity index (χ0n) is 7.19. The smallest absolute Gasteiger partial charge is 0.310 e. The van der Waals surface area contributed by atoms with E-state index in [9.17, 15) is 9.90 Å². The third-order valence-electron chi connectivity index (χ3n) is 2.43. The highest BCUT2D eigenvalue weighted by Gasteiger charge is 2.34. The van der Waals surface area contributed by atoms with Crippen molar-refractivity contribution in [2.45, 2.75) is 31.4 Å². The molecule has 1 fully saturated rings. The Bertz CT molecular complexity index is 172. The van der Waals surface area contributed by atoms with E-state index in [0.29, 0.717) is 6.42 Å². The molecule has 1 aliphatic rings. The molecule has 1 rings (SSSR count). The minimum atomic E-state index is -0.553. The van der Waals surface area contributed by atoms with Gasteiger partial charge in [-0.2, -0.15) is 0 Å². The van der Waals surface area contributed by atoms with Crippen LogP contribution in [0.3, 0.4) is 0 Å². The molecule has 0 aromatic rings. The molecule has 0 bridgehead atoms. The van der Waals surface area contributed by atoms with E-state index >= 15 is 0 Å². The van der Waals surface area contributed by atoms with Crippen molar-refractivity contribution >= 4 is 5.97 Å². The molecule has 0 saturated heterocycles. The summed E-state index contributed by atoms with van der Waals surface area (Å²) in [6, 6.07) is -0.453. The minimum absolute atomic E-state index is 0.304. The fraction of sp³-hybridized carbons (Fsp3) is 0.875. The number of methoxy groups -OCH3 is 1. The van der Waals surface area contributed by atoms with Crippen molar-refractivity contribution in [1.29, 1.82) is 0 Å². The first-order valence-electron chi connectivity index (χ1n) is 4.18. The average Bonchev–Trinajstić information content (AvgIpc) is 2.08. The van der Waals surface area contributed by atoms with E-state index in [0.717, 1.165) is 12.8 Å². The molecule has 0 aliphatic heterocycles. The predicted molar refractivity (Wildman–Crippen MR) is 43.3 cm³/mol. The second-order valence-electron chi connectivity index (χ2n) is 3.21. The normalized spacial score (nSPS) is 36.1. The summed E-state index contributed by atoms with van der Waals surface area (Å²) in [6.07, 6.45) is 1.71. The zero-order chi connectivity index (χ0) is 9.14. The van der Waals surface area contributed by atoms with E-state index in [-0.39, 0.29) is 11.9 Å². The summed E-state index contributed by atoms with van der Waals surface area (Å²) < 4.78 is 4.58. The van der Waals surface area contributed by atoms with Gasteiger partial charge in [0.25, 0.3) is 0 Å². The van der Waals surface area contributed by atoms with Crippen molar-refractivity contribution in [3.8, 4) is 0 Å². The number of esters is 1. The van der Waals surface area contributed by atoms with Gasteiger partial charge >= 0.3 is 5.97 Å². The van der Waals surface area contributed by atoms with Crippen LogP contribution in [0.5, 0.6) is 0 Å². The van der Waals surface area contributed by atoms with E-state index in [4.69, 9.17) is 5.73 Å². The molecule has 3 atom stereocenters. The topological polar surface area (TPSA) is 72.5 Å². The third kappa shape index (κ3) is 1.76. The van der Waals surface area contributed by atoms with Crippen molar-refractivity contribution < 1.29 is 14.6 Å². The van der Waals surface area contributed by atoms with Crippen LogP contribution in [0, 0.1) is 5.92 Å². The van der Waals surface area contributed by atoms with Crippen LogP contribution >= 0.6 is 0 Å². The molecule has 0 aromatic heterocycles. The van der Waals surface area contributed by atoms with Crippen LogP contribution in [0.4, 0.5) is 0 Å². The number of carbonyl (C=O) groups is 1. The van der Waals surface area contributed by atoms with Crippen LogP contribution in [-0.2, 0) is 9.53 Å². The molecule has 1 unspecified atom stereocenters. The van der Waals surface area contributed by atoms with Crippen molar-refractivity contribution in [1.82, 2.24) is 0 Å². The predicted octanol–water partition coefficient (Wildman–Crippen LogP) is -0.352. The van der Waals surface area contributed by atoms with Gasteiger partial charge in [-0.15, -0.1) is 0 Å². The Labute approximate surface area is 71.7 Å². The lowest BCUT2D eigenvalue weighted by Crippen LogP contribution is -2.47. The molecule has 4 heteroatoms. The third-order valence-corrected chi connectivity index (χ3v) is 2.43. The maximum absolute atomic E-state index is 11.1. The maximum Gasteiger partial charge on any atom is 0.310 e. The summed E-state index contributed by atoms with van der Waals surface area (Å²) in [4.78, 5) is 11.1. The zero-order valence-corrected chi connectivity index (χ0v) is 7.19. The Kier molecular flexibility index (Phi) is 3.05. The van der Waals surface area contributed by atoms with E-state index in [2.05, 4.69) is 4.74 Å². The average molecular weight is 173 g/mol. The van der Waals surface area contributed by atoms with Gasteiger partial charge in [0.15, 0.2) is 0 Å². The van der Waals surface area contributed by atoms with E-state index in [1.54, 1.807) is 0 Å². The Balaban J connectivity index is 2.57. The summed E-state index contributed by atoms with van der Waals surface area (Å²) in [6.45, 7) is 0. The van der Waals surface area contributed by atoms with Gasteiger partial charge in [-0.3, -0.25) is 4.79 Å². The number of aliphatic hydroxyl groups excluding tert-OH is 1. The second-order valence-corrected chi connectivity index (χ2v) is 3.21. The number of aliphatic hydroxyl groups is 1. The van der Waals surface area contributed by atoms with Gasteiger partial charge in [-0.25, -0.2) is 0 Å². The van der Waals surface area contributed by atoms with Crippen LogP contribution in [0.15, 0.2) is 0 Å². The van der Waals surface area contributed by atoms with Gasteiger partial charge in [-0.05, 0) is 19.3 Å². The molecule has 70 valence electrons. The standard InChI is InChI=1S/C8H15NO3/c1-12-8(11)5-3-2-4-6(10)7(5)9/h5-7,10H,2-4,9H2,1H3/t5-,6?,7+/m1/s1. The van der Waals surface area contributed by atoms with E-state index < -0.39 is 12.1 Å². The van der Waals surface area contributed by atoms with Gasteiger partial charge < -0.3 is 15.6 Å². The van der Waals surface area contributed by atoms with E-state index in [1.165, 1.54) is 7.11 Å². The van der Waals surface area contributed by atoms with Crippen molar-refractivity contribution in [2.24, 2.45) is 11.7 Å². The van der Waals surface area contributed by atoms with Crippen LogP contribution in [0.25, 0.3) is 0 Å². The van der Waals surface area contributed by atoms with Crippen LogP contribution in [-0.4, -0.2) is 30.3 Å². The Morgan fingerprint density at radius 1 is 1.58 bits per heavy atom. The lowest BCUT2D eigenvalue weighted by Gasteiger charge is -2.30. The number of nitrogens with two attached hydrogens (primary N) is 1. The maximum atomic E-state index is 11.1. The number of hydrogen-bond donors (Lipinski definition) is 2. The monoisotopic (exact) mass is 173 g/mol. The Morgan fingerprint density at radius 2 is 2.25 bits per heavy atom. The number of rotatable bonds is 1. The van der Waals surface area contributed by atoms with Gasteiger partial charge in [0.2, 0.25) is 0 Å².